The van der Waals surface area contributed by atoms with Crippen LogP contribution in [0.15, 0.2) is 48.5 Å². The summed E-state index contributed by atoms with van der Waals surface area (Å²) in [6, 6.07) is 13.5. The topological polar surface area (TPSA) is 84.9 Å². The van der Waals surface area contributed by atoms with E-state index in [9.17, 15) is 13.2 Å². The third-order valence-corrected chi connectivity index (χ3v) is 5.17. The molecule has 27 heavy (non-hydrogen) atoms. The summed E-state index contributed by atoms with van der Waals surface area (Å²) in [6.45, 7) is 1.48. The maximum atomic E-state index is 12.5. The second-order valence-corrected chi connectivity index (χ2v) is 7.91. The molecule has 1 amide bonds. The zero-order chi connectivity index (χ0) is 20.0. The fraction of sp³-hybridized carbons (Fsp3) is 0.316. The molecule has 2 rings (SSSR count). The first kappa shape index (κ1) is 20.6. The predicted molar refractivity (Wildman–Crippen MR) is 105 cm³/mol. The number of carbonyl (C=O) groups is 1. The number of anilines is 1. The Bertz CT molecular complexity index is 881. The summed E-state index contributed by atoms with van der Waals surface area (Å²) >= 11 is 0. The first-order chi connectivity index (χ1) is 12.8. The summed E-state index contributed by atoms with van der Waals surface area (Å²) in [7, 11) is -0.557. The van der Waals surface area contributed by atoms with Crippen LogP contribution in [-0.4, -0.2) is 41.3 Å². The van der Waals surface area contributed by atoms with Gasteiger partial charge in [-0.1, -0.05) is 18.2 Å². The molecule has 7 nitrogen and oxygen atoms in total. The fourth-order valence-corrected chi connectivity index (χ4v) is 3.52. The summed E-state index contributed by atoms with van der Waals surface area (Å²) in [5, 5.41) is 2.82. The number of para-hydroxylation sites is 1. The van der Waals surface area contributed by atoms with Crippen LogP contribution < -0.4 is 19.1 Å². The number of hydrogen-bond donors (Lipinski definition) is 1. The minimum atomic E-state index is -3.64. The number of nitrogens with zero attached hydrogens (tertiary/aromatic N) is 1. The molecule has 146 valence electrons. The molecule has 2 aromatic rings. The largest absolute Gasteiger partial charge is 0.497 e. The molecule has 0 bridgehead atoms. The molecule has 0 radical (unpaired) electrons. The summed E-state index contributed by atoms with van der Waals surface area (Å²) in [6.07, 6.45) is 1.06. The van der Waals surface area contributed by atoms with Gasteiger partial charge < -0.3 is 14.8 Å². The Morgan fingerprint density at radius 1 is 1.07 bits per heavy atom. The van der Waals surface area contributed by atoms with Gasteiger partial charge in [-0.25, -0.2) is 8.42 Å². The van der Waals surface area contributed by atoms with Crippen LogP contribution in [0.2, 0.25) is 0 Å². The highest BCUT2D eigenvalue weighted by atomic mass is 32.2. The Balaban J connectivity index is 2.16. The van der Waals surface area contributed by atoms with E-state index in [0.29, 0.717) is 17.2 Å². The lowest BCUT2D eigenvalue weighted by Crippen LogP contribution is -2.41. The second kappa shape index (κ2) is 8.77. The van der Waals surface area contributed by atoms with Crippen LogP contribution in [0, 0.1) is 0 Å². The lowest BCUT2D eigenvalue weighted by molar-refractivity contribution is -0.120. The van der Waals surface area contributed by atoms with Crippen molar-refractivity contribution in [2.45, 2.75) is 13.0 Å². The van der Waals surface area contributed by atoms with Crippen LogP contribution in [0.25, 0.3) is 0 Å². The number of nitrogens with one attached hydrogen (secondary N) is 1. The van der Waals surface area contributed by atoms with E-state index < -0.39 is 15.9 Å². The monoisotopic (exact) mass is 392 g/mol. The van der Waals surface area contributed by atoms with Crippen LogP contribution in [0.3, 0.4) is 0 Å². The van der Waals surface area contributed by atoms with Crippen molar-refractivity contribution in [2.75, 3.05) is 31.3 Å². The zero-order valence-electron chi connectivity index (χ0n) is 15.8. The molecule has 0 saturated carbocycles. The lowest BCUT2D eigenvalue weighted by atomic mass is 10.1. The van der Waals surface area contributed by atoms with Crippen molar-refractivity contribution in [3.63, 3.8) is 0 Å². The van der Waals surface area contributed by atoms with Crippen LogP contribution in [0.1, 0.15) is 18.5 Å². The Morgan fingerprint density at radius 3 is 2.26 bits per heavy atom. The van der Waals surface area contributed by atoms with E-state index in [1.165, 1.54) is 7.11 Å². The smallest absolute Gasteiger partial charge is 0.241 e. The minimum Gasteiger partial charge on any atom is -0.497 e. The first-order valence-electron chi connectivity index (χ1n) is 8.30. The van der Waals surface area contributed by atoms with E-state index in [1.807, 2.05) is 25.1 Å². The van der Waals surface area contributed by atoms with Crippen molar-refractivity contribution >= 4 is 21.6 Å². The molecule has 0 saturated heterocycles. The number of amides is 1. The average molecular weight is 392 g/mol. The Labute approximate surface area is 160 Å². The summed E-state index contributed by atoms with van der Waals surface area (Å²) in [5.74, 6) is 0.830. The van der Waals surface area contributed by atoms with Gasteiger partial charge in [-0.2, -0.15) is 0 Å². The van der Waals surface area contributed by atoms with E-state index in [2.05, 4.69) is 5.32 Å². The normalized spacial score (nSPS) is 12.1. The number of carbonyl (C=O) groups excluding carboxylic acids is 1. The van der Waals surface area contributed by atoms with Gasteiger partial charge in [0.2, 0.25) is 15.9 Å². The predicted octanol–water partition coefficient (Wildman–Crippen LogP) is 2.35. The van der Waals surface area contributed by atoms with E-state index in [0.717, 1.165) is 16.1 Å². The fourth-order valence-electron chi connectivity index (χ4n) is 2.67. The molecular formula is C19H24N2O5S. The van der Waals surface area contributed by atoms with Gasteiger partial charge in [0.1, 0.15) is 18.0 Å². The van der Waals surface area contributed by atoms with Gasteiger partial charge in [0.05, 0.1) is 32.2 Å². The van der Waals surface area contributed by atoms with Crippen molar-refractivity contribution in [3.05, 3.63) is 54.1 Å². The Hall–Kier alpha value is -2.74. The molecular weight excluding hydrogens is 368 g/mol. The van der Waals surface area contributed by atoms with Gasteiger partial charge in [0, 0.05) is 5.56 Å². The Kier molecular flexibility index (Phi) is 6.68. The molecule has 0 aliphatic carbocycles. The SMILES string of the molecule is COc1ccc(N(CC(=O)N[C@@H](C)c2ccccc2OC)S(C)(=O)=O)cc1. The highest BCUT2D eigenvalue weighted by Crippen LogP contribution is 2.25. The van der Waals surface area contributed by atoms with E-state index in [4.69, 9.17) is 9.47 Å². The van der Waals surface area contributed by atoms with Gasteiger partial charge in [-0.3, -0.25) is 9.10 Å². The van der Waals surface area contributed by atoms with Crippen LogP contribution >= 0.6 is 0 Å². The highest BCUT2D eigenvalue weighted by molar-refractivity contribution is 7.92. The van der Waals surface area contributed by atoms with Crippen molar-refractivity contribution in [2.24, 2.45) is 0 Å². The maximum absolute atomic E-state index is 12.5. The van der Waals surface area contributed by atoms with Crippen LogP contribution in [0.4, 0.5) is 5.69 Å². The molecule has 0 unspecified atom stereocenters. The van der Waals surface area contributed by atoms with Crippen molar-refractivity contribution < 1.29 is 22.7 Å². The van der Waals surface area contributed by atoms with Gasteiger partial charge >= 0.3 is 0 Å². The summed E-state index contributed by atoms with van der Waals surface area (Å²) in [4.78, 5) is 12.5. The zero-order valence-corrected chi connectivity index (χ0v) is 16.6. The van der Waals surface area contributed by atoms with Crippen LogP contribution in [0.5, 0.6) is 11.5 Å². The van der Waals surface area contributed by atoms with Gasteiger partial charge in [0.25, 0.3) is 0 Å². The highest BCUT2D eigenvalue weighted by Gasteiger charge is 2.22. The Morgan fingerprint density at radius 2 is 1.70 bits per heavy atom. The number of benzene rings is 2. The number of methoxy groups -OCH3 is 2. The average Bonchev–Trinajstić information content (AvgIpc) is 2.65. The number of sulfonamides is 1. The number of rotatable bonds is 8. The number of hydrogen-bond acceptors (Lipinski definition) is 5. The molecule has 1 atom stereocenters. The maximum Gasteiger partial charge on any atom is 0.241 e. The van der Waals surface area contributed by atoms with Gasteiger partial charge in [0.15, 0.2) is 0 Å². The first-order valence-corrected chi connectivity index (χ1v) is 10.1. The van der Waals surface area contributed by atoms with Crippen molar-refractivity contribution in [1.29, 1.82) is 0 Å². The molecule has 0 aliphatic heterocycles. The summed E-state index contributed by atoms with van der Waals surface area (Å²) < 4.78 is 35.8. The number of ether oxygens (including phenoxy) is 2. The van der Waals surface area contributed by atoms with E-state index in [-0.39, 0.29) is 12.6 Å². The second-order valence-electron chi connectivity index (χ2n) is 6.00. The molecule has 8 heteroatoms. The van der Waals surface area contributed by atoms with E-state index in [1.54, 1.807) is 37.4 Å². The third-order valence-electron chi connectivity index (χ3n) is 4.03. The standard InChI is InChI=1S/C19H24N2O5S/c1-14(17-7-5-6-8-18(17)26-3)20-19(22)13-21(27(4,23)24)15-9-11-16(25-2)12-10-15/h5-12,14H,13H2,1-4H3,(H,20,22)/t14-/m0/s1. The minimum absolute atomic E-state index is 0.329. The molecule has 0 aromatic heterocycles. The molecule has 0 heterocycles. The molecule has 0 spiro atoms. The molecule has 1 N–H and O–H groups in total. The van der Waals surface area contributed by atoms with Gasteiger partial charge in [-0.05, 0) is 37.3 Å². The van der Waals surface area contributed by atoms with E-state index >= 15 is 0 Å². The van der Waals surface area contributed by atoms with Crippen LogP contribution in [-0.2, 0) is 14.8 Å². The molecule has 2 aromatic carbocycles. The quantitative estimate of drug-likeness (QED) is 0.745. The summed E-state index contributed by atoms with van der Waals surface area (Å²) in [5.41, 5.74) is 1.20. The third kappa shape index (κ3) is 5.37. The van der Waals surface area contributed by atoms with Crippen molar-refractivity contribution in [1.82, 2.24) is 5.32 Å². The lowest BCUT2D eigenvalue weighted by Gasteiger charge is -2.24. The molecule has 0 aliphatic rings. The van der Waals surface area contributed by atoms with Crippen molar-refractivity contribution in [3.8, 4) is 11.5 Å². The van der Waals surface area contributed by atoms with Gasteiger partial charge in [-0.15, -0.1) is 0 Å². The molecule has 0 fully saturated rings.